The second kappa shape index (κ2) is 6.43. The summed E-state index contributed by atoms with van der Waals surface area (Å²) in [5.74, 6) is 0.287. The summed E-state index contributed by atoms with van der Waals surface area (Å²) in [5.41, 5.74) is 5.77. The number of hydrogen-bond donors (Lipinski definition) is 2. The van der Waals surface area contributed by atoms with E-state index >= 15 is 0 Å². The van der Waals surface area contributed by atoms with E-state index in [-0.39, 0.29) is 11.7 Å². The summed E-state index contributed by atoms with van der Waals surface area (Å²) < 4.78 is 5.06. The van der Waals surface area contributed by atoms with Crippen LogP contribution in [-0.4, -0.2) is 47.5 Å². The van der Waals surface area contributed by atoms with Crippen molar-refractivity contribution >= 4 is 11.7 Å². The summed E-state index contributed by atoms with van der Waals surface area (Å²) in [6.07, 6.45) is 3.30. The lowest BCUT2D eigenvalue weighted by atomic mass is 10.2. The van der Waals surface area contributed by atoms with E-state index in [4.69, 9.17) is 15.7 Å². The van der Waals surface area contributed by atoms with Crippen molar-refractivity contribution in [2.75, 3.05) is 20.7 Å². The van der Waals surface area contributed by atoms with E-state index in [1.165, 1.54) is 24.4 Å². The third-order valence-electron chi connectivity index (χ3n) is 2.41. The van der Waals surface area contributed by atoms with Crippen LogP contribution in [0.3, 0.4) is 0 Å². The van der Waals surface area contributed by atoms with Gasteiger partial charge in [0.2, 0.25) is 0 Å². The zero-order valence-electron chi connectivity index (χ0n) is 10.3. The third kappa shape index (κ3) is 3.34. The minimum absolute atomic E-state index is 0.0799. The second-order valence-electron chi connectivity index (χ2n) is 3.64. The van der Waals surface area contributed by atoms with Gasteiger partial charge in [-0.1, -0.05) is 5.16 Å². The highest BCUT2D eigenvalue weighted by Crippen LogP contribution is 2.17. The lowest BCUT2D eigenvalue weighted by Crippen LogP contribution is -2.30. The molecule has 0 saturated heterocycles. The Kier molecular flexibility index (Phi) is 4.91. The van der Waals surface area contributed by atoms with Gasteiger partial charge in [0.25, 0.3) is 5.91 Å². The summed E-state index contributed by atoms with van der Waals surface area (Å²) in [6, 6.07) is 1.58. The van der Waals surface area contributed by atoms with Gasteiger partial charge in [0.1, 0.15) is 11.6 Å². The molecule has 0 aromatic carbocycles. The normalized spacial score (nSPS) is 11.1. The topological polar surface area (TPSA) is 101 Å². The molecular weight excluding hydrogens is 236 g/mol. The molecule has 0 atom stereocenters. The molecule has 1 aromatic heterocycles. The van der Waals surface area contributed by atoms with Crippen molar-refractivity contribution in [3.8, 4) is 5.75 Å². The second-order valence-corrected chi connectivity index (χ2v) is 3.64. The van der Waals surface area contributed by atoms with E-state index in [0.717, 1.165) is 0 Å². The molecule has 1 aromatic rings. The molecule has 1 rings (SSSR count). The number of rotatable bonds is 5. The van der Waals surface area contributed by atoms with Crippen molar-refractivity contribution in [1.82, 2.24) is 9.88 Å². The number of carbonyl (C=O) groups excluding carboxylic acids is 1. The number of pyridine rings is 1. The molecular formula is C11H16N4O3. The number of carbonyl (C=O) groups is 1. The predicted molar refractivity (Wildman–Crippen MR) is 65.8 cm³/mol. The summed E-state index contributed by atoms with van der Waals surface area (Å²) in [6.45, 7) is 0.347. The van der Waals surface area contributed by atoms with Crippen LogP contribution < -0.4 is 10.5 Å². The fraction of sp³-hybridized carbons (Fsp3) is 0.364. The zero-order valence-corrected chi connectivity index (χ0v) is 10.3. The first-order valence-electron chi connectivity index (χ1n) is 5.30. The summed E-state index contributed by atoms with van der Waals surface area (Å²) in [7, 11) is 3.11. The standard InChI is InChI=1S/C11H16N4O3/c1-15(6-4-10(12)14-17)11(16)8-3-5-13-7-9(8)18-2/h3,5,7,17H,4,6H2,1-2H3,(H2,12,14). The smallest absolute Gasteiger partial charge is 0.257 e. The first-order chi connectivity index (χ1) is 8.60. The Labute approximate surface area is 105 Å². The van der Waals surface area contributed by atoms with E-state index < -0.39 is 0 Å². The molecule has 7 nitrogen and oxygen atoms in total. The number of nitrogens with two attached hydrogens (primary N) is 1. The van der Waals surface area contributed by atoms with E-state index in [0.29, 0.717) is 24.3 Å². The molecule has 0 aliphatic rings. The predicted octanol–water partition coefficient (Wildman–Crippen LogP) is 0.299. The Bertz CT molecular complexity index is 448. The summed E-state index contributed by atoms with van der Waals surface area (Å²) in [5, 5.41) is 11.3. The number of oxime groups is 1. The van der Waals surface area contributed by atoms with Gasteiger partial charge >= 0.3 is 0 Å². The van der Waals surface area contributed by atoms with Gasteiger partial charge in [-0.3, -0.25) is 9.78 Å². The maximum Gasteiger partial charge on any atom is 0.257 e. The van der Waals surface area contributed by atoms with Crippen LogP contribution in [0.2, 0.25) is 0 Å². The van der Waals surface area contributed by atoms with Crippen molar-refractivity contribution < 1.29 is 14.7 Å². The maximum absolute atomic E-state index is 12.1. The number of methoxy groups -OCH3 is 1. The lowest BCUT2D eigenvalue weighted by Gasteiger charge is -2.17. The molecule has 1 amide bonds. The van der Waals surface area contributed by atoms with Gasteiger partial charge < -0.3 is 20.6 Å². The first-order valence-corrected chi connectivity index (χ1v) is 5.30. The largest absolute Gasteiger partial charge is 0.494 e. The Morgan fingerprint density at radius 1 is 1.67 bits per heavy atom. The van der Waals surface area contributed by atoms with Crippen LogP contribution in [0.25, 0.3) is 0 Å². The van der Waals surface area contributed by atoms with E-state index in [9.17, 15) is 4.79 Å². The number of amidine groups is 1. The molecule has 98 valence electrons. The maximum atomic E-state index is 12.1. The van der Waals surface area contributed by atoms with Crippen LogP contribution in [-0.2, 0) is 0 Å². The molecule has 18 heavy (non-hydrogen) atoms. The number of ether oxygens (including phenoxy) is 1. The summed E-state index contributed by atoms with van der Waals surface area (Å²) in [4.78, 5) is 17.4. The molecule has 0 fully saturated rings. The van der Waals surface area contributed by atoms with E-state index in [1.54, 1.807) is 13.1 Å². The Morgan fingerprint density at radius 3 is 3.00 bits per heavy atom. The minimum Gasteiger partial charge on any atom is -0.494 e. The van der Waals surface area contributed by atoms with Crippen LogP contribution in [0.5, 0.6) is 5.75 Å². The Morgan fingerprint density at radius 2 is 2.39 bits per heavy atom. The van der Waals surface area contributed by atoms with Gasteiger partial charge in [-0.25, -0.2) is 0 Å². The van der Waals surface area contributed by atoms with Crippen LogP contribution in [0.15, 0.2) is 23.6 Å². The fourth-order valence-electron chi connectivity index (χ4n) is 1.36. The minimum atomic E-state index is -0.208. The quantitative estimate of drug-likeness (QED) is 0.339. The van der Waals surface area contributed by atoms with Crippen molar-refractivity contribution in [2.24, 2.45) is 10.9 Å². The highest BCUT2D eigenvalue weighted by atomic mass is 16.5. The van der Waals surface area contributed by atoms with Crippen LogP contribution >= 0.6 is 0 Å². The summed E-state index contributed by atoms with van der Waals surface area (Å²) >= 11 is 0. The number of nitrogens with zero attached hydrogens (tertiary/aromatic N) is 3. The van der Waals surface area contributed by atoms with Gasteiger partial charge in [0, 0.05) is 26.2 Å². The van der Waals surface area contributed by atoms with Crippen molar-refractivity contribution in [3.63, 3.8) is 0 Å². The molecule has 0 radical (unpaired) electrons. The molecule has 0 bridgehead atoms. The Balaban J connectivity index is 2.74. The number of hydrogen-bond acceptors (Lipinski definition) is 5. The van der Waals surface area contributed by atoms with Crippen molar-refractivity contribution in [2.45, 2.75) is 6.42 Å². The fourth-order valence-corrected chi connectivity index (χ4v) is 1.36. The van der Waals surface area contributed by atoms with Crippen LogP contribution in [0.4, 0.5) is 0 Å². The molecule has 0 saturated carbocycles. The lowest BCUT2D eigenvalue weighted by molar-refractivity contribution is 0.0795. The first kappa shape index (κ1) is 13.8. The van der Waals surface area contributed by atoms with Gasteiger partial charge in [-0.2, -0.15) is 0 Å². The molecule has 0 aliphatic carbocycles. The molecule has 3 N–H and O–H groups in total. The van der Waals surface area contributed by atoms with Gasteiger partial charge in [-0.15, -0.1) is 0 Å². The molecule has 0 unspecified atom stereocenters. The highest BCUT2D eigenvalue weighted by molar-refractivity contribution is 5.96. The molecule has 0 aliphatic heterocycles. The monoisotopic (exact) mass is 252 g/mol. The molecule has 0 spiro atoms. The Hall–Kier alpha value is -2.31. The van der Waals surface area contributed by atoms with Gasteiger partial charge in [-0.05, 0) is 6.07 Å². The average Bonchev–Trinajstić information content (AvgIpc) is 2.43. The third-order valence-corrected chi connectivity index (χ3v) is 2.41. The number of amides is 1. The van der Waals surface area contributed by atoms with Crippen molar-refractivity contribution in [3.05, 3.63) is 24.0 Å². The van der Waals surface area contributed by atoms with Gasteiger partial charge in [0.15, 0.2) is 0 Å². The van der Waals surface area contributed by atoms with Crippen LogP contribution in [0.1, 0.15) is 16.8 Å². The zero-order chi connectivity index (χ0) is 13.5. The molecule has 7 heteroatoms. The highest BCUT2D eigenvalue weighted by Gasteiger charge is 2.16. The van der Waals surface area contributed by atoms with Gasteiger partial charge in [0.05, 0.1) is 18.9 Å². The van der Waals surface area contributed by atoms with Crippen LogP contribution in [0, 0.1) is 0 Å². The average molecular weight is 252 g/mol. The van der Waals surface area contributed by atoms with E-state index in [1.807, 2.05) is 0 Å². The SMILES string of the molecule is COc1cnccc1C(=O)N(C)CC/C(N)=N/O. The number of aromatic nitrogens is 1. The van der Waals surface area contributed by atoms with Crippen molar-refractivity contribution in [1.29, 1.82) is 0 Å². The van der Waals surface area contributed by atoms with E-state index in [2.05, 4.69) is 10.1 Å². The molecule has 1 heterocycles.